The Morgan fingerprint density at radius 1 is 1.45 bits per heavy atom. The molecule has 0 aromatic carbocycles. The lowest BCUT2D eigenvalue weighted by atomic mass is 10.3. The van der Waals surface area contributed by atoms with Crippen molar-refractivity contribution in [1.29, 1.82) is 0 Å². The second kappa shape index (κ2) is 4.85. The summed E-state index contributed by atoms with van der Waals surface area (Å²) in [6.45, 7) is 3.58. The molecular weight excluding hydrogens is 146 g/mol. The third kappa shape index (κ3) is 4.50. The Bertz CT molecular complexity index is 156. The molecule has 0 aliphatic rings. The van der Waals surface area contributed by atoms with E-state index in [1.54, 1.807) is 6.92 Å². The topological polar surface area (TPSA) is 46.6 Å². The Morgan fingerprint density at radius 3 is 2.36 bits per heavy atom. The van der Waals surface area contributed by atoms with Crippen LogP contribution >= 0.6 is 0 Å². The lowest BCUT2D eigenvalue weighted by Gasteiger charge is -2.13. The number of carbonyl (C=O) groups is 2. The van der Waals surface area contributed by atoms with E-state index in [1.807, 2.05) is 0 Å². The number of carbonyl (C=O) groups excluding carboxylic acids is 2. The van der Waals surface area contributed by atoms with Crippen LogP contribution in [0.5, 0.6) is 0 Å². The van der Waals surface area contributed by atoms with E-state index in [1.165, 1.54) is 14.0 Å². The molecule has 0 atom stereocenters. The Kier molecular flexibility index (Phi) is 4.45. The molecule has 64 valence electrons. The smallest absolute Gasteiger partial charge is 0.253 e. The van der Waals surface area contributed by atoms with E-state index in [4.69, 9.17) is 4.84 Å². The Balaban J connectivity index is 3.73. The van der Waals surface area contributed by atoms with Crippen molar-refractivity contribution in [2.75, 3.05) is 13.7 Å². The summed E-state index contributed by atoms with van der Waals surface area (Å²) in [6.07, 6.45) is -0.0868. The minimum absolute atomic E-state index is 0.0868. The van der Waals surface area contributed by atoms with Crippen LogP contribution in [0.3, 0.4) is 0 Å². The van der Waals surface area contributed by atoms with Crippen LogP contribution in [-0.4, -0.2) is 30.4 Å². The van der Waals surface area contributed by atoms with Gasteiger partial charge in [0.25, 0.3) is 5.91 Å². The summed E-state index contributed by atoms with van der Waals surface area (Å²) in [4.78, 5) is 26.2. The van der Waals surface area contributed by atoms with Gasteiger partial charge in [0.15, 0.2) is 0 Å². The van der Waals surface area contributed by atoms with Gasteiger partial charge in [-0.05, 0) is 13.8 Å². The number of nitrogens with zero attached hydrogens (tertiary/aromatic N) is 1. The van der Waals surface area contributed by atoms with Gasteiger partial charge in [-0.3, -0.25) is 14.4 Å². The minimum atomic E-state index is -0.306. The van der Waals surface area contributed by atoms with Gasteiger partial charge in [-0.2, -0.15) is 0 Å². The Hall–Kier alpha value is -0.900. The first kappa shape index (κ1) is 10.1. The van der Waals surface area contributed by atoms with Crippen molar-refractivity contribution in [3.8, 4) is 0 Å². The molecular formula is C7H13NO3. The lowest BCUT2D eigenvalue weighted by molar-refractivity contribution is -0.176. The molecule has 0 saturated carbocycles. The number of amides is 1. The maximum absolute atomic E-state index is 10.9. The van der Waals surface area contributed by atoms with Gasteiger partial charge in [0.05, 0.1) is 13.0 Å². The van der Waals surface area contributed by atoms with Crippen molar-refractivity contribution in [2.45, 2.75) is 20.3 Å². The van der Waals surface area contributed by atoms with Gasteiger partial charge in [0, 0.05) is 7.05 Å². The Morgan fingerprint density at radius 2 is 2.00 bits per heavy atom. The molecule has 0 aliphatic carbocycles. The zero-order valence-corrected chi connectivity index (χ0v) is 7.09. The second-order valence-corrected chi connectivity index (χ2v) is 2.19. The van der Waals surface area contributed by atoms with Crippen LogP contribution < -0.4 is 0 Å². The van der Waals surface area contributed by atoms with Gasteiger partial charge in [0.2, 0.25) is 0 Å². The van der Waals surface area contributed by atoms with Gasteiger partial charge in [0.1, 0.15) is 5.78 Å². The number of hydrogen-bond acceptors (Lipinski definition) is 3. The fraction of sp³-hybridized carbons (Fsp3) is 0.714. The average Bonchev–Trinajstić information content (AvgIpc) is 1.86. The molecule has 0 bridgehead atoms. The highest BCUT2D eigenvalue weighted by atomic mass is 16.7. The quantitative estimate of drug-likeness (QED) is 0.440. The number of hydroxylamine groups is 2. The summed E-state index contributed by atoms with van der Waals surface area (Å²) in [7, 11) is 1.49. The summed E-state index contributed by atoms with van der Waals surface area (Å²) in [5.74, 6) is -0.457. The van der Waals surface area contributed by atoms with Crippen molar-refractivity contribution >= 4 is 11.7 Å². The van der Waals surface area contributed by atoms with Crippen molar-refractivity contribution in [2.24, 2.45) is 0 Å². The van der Waals surface area contributed by atoms with Gasteiger partial charge in [-0.1, -0.05) is 0 Å². The summed E-state index contributed by atoms with van der Waals surface area (Å²) < 4.78 is 0. The first-order valence-corrected chi connectivity index (χ1v) is 3.46. The first-order chi connectivity index (χ1) is 5.07. The monoisotopic (exact) mass is 159 g/mol. The molecule has 0 spiro atoms. The van der Waals surface area contributed by atoms with Crippen LogP contribution in [0.2, 0.25) is 0 Å². The van der Waals surface area contributed by atoms with E-state index in [0.717, 1.165) is 5.06 Å². The molecule has 0 aliphatic heterocycles. The summed E-state index contributed by atoms with van der Waals surface area (Å²) in [5, 5.41) is 1.08. The van der Waals surface area contributed by atoms with Crippen molar-refractivity contribution in [1.82, 2.24) is 5.06 Å². The van der Waals surface area contributed by atoms with Crippen LogP contribution in [0.25, 0.3) is 0 Å². The molecule has 4 heteroatoms. The van der Waals surface area contributed by atoms with E-state index >= 15 is 0 Å². The highest BCUT2D eigenvalue weighted by molar-refractivity contribution is 5.96. The fourth-order valence-electron chi connectivity index (χ4n) is 0.590. The molecule has 11 heavy (non-hydrogen) atoms. The molecule has 0 unspecified atom stereocenters. The predicted octanol–water partition coefficient (Wildman–Crippen LogP) is 0.375. The molecule has 1 amide bonds. The normalized spacial score (nSPS) is 9.36. The second-order valence-electron chi connectivity index (χ2n) is 2.19. The van der Waals surface area contributed by atoms with E-state index in [0.29, 0.717) is 6.61 Å². The van der Waals surface area contributed by atoms with E-state index < -0.39 is 0 Å². The molecule has 0 saturated heterocycles. The third-order valence-electron chi connectivity index (χ3n) is 1.07. The first-order valence-electron chi connectivity index (χ1n) is 3.46. The maximum Gasteiger partial charge on any atom is 0.253 e. The van der Waals surface area contributed by atoms with Crippen molar-refractivity contribution < 1.29 is 14.4 Å². The van der Waals surface area contributed by atoms with Crippen LogP contribution in [0.4, 0.5) is 0 Å². The highest BCUT2D eigenvalue weighted by Gasteiger charge is 2.10. The van der Waals surface area contributed by atoms with Crippen molar-refractivity contribution in [3.05, 3.63) is 0 Å². The number of Topliss-reactive ketones (excluding diaryl/α,β-unsaturated/α-hetero) is 1. The van der Waals surface area contributed by atoms with E-state index in [9.17, 15) is 9.59 Å². The van der Waals surface area contributed by atoms with Crippen LogP contribution in [0, 0.1) is 0 Å². The maximum atomic E-state index is 10.9. The fourth-order valence-corrected chi connectivity index (χ4v) is 0.590. The molecule has 0 rings (SSSR count). The summed E-state index contributed by atoms with van der Waals surface area (Å²) in [6, 6.07) is 0. The van der Waals surface area contributed by atoms with E-state index in [2.05, 4.69) is 0 Å². The number of ketones is 1. The van der Waals surface area contributed by atoms with Gasteiger partial charge in [-0.25, -0.2) is 5.06 Å². The molecule has 0 aromatic rings. The standard InChI is InChI=1S/C7H13NO3/c1-4-11-8(3)7(10)5-6(2)9/h4-5H2,1-3H3. The van der Waals surface area contributed by atoms with E-state index in [-0.39, 0.29) is 18.1 Å². The number of hydrogen-bond donors (Lipinski definition) is 0. The average molecular weight is 159 g/mol. The van der Waals surface area contributed by atoms with Gasteiger partial charge >= 0.3 is 0 Å². The molecule has 0 N–H and O–H groups in total. The van der Waals surface area contributed by atoms with Crippen LogP contribution in [0.15, 0.2) is 0 Å². The largest absolute Gasteiger partial charge is 0.299 e. The molecule has 0 aromatic heterocycles. The lowest BCUT2D eigenvalue weighted by Crippen LogP contribution is -2.28. The van der Waals surface area contributed by atoms with Crippen molar-refractivity contribution in [3.63, 3.8) is 0 Å². The van der Waals surface area contributed by atoms with Crippen LogP contribution in [0.1, 0.15) is 20.3 Å². The highest BCUT2D eigenvalue weighted by Crippen LogP contribution is 1.92. The zero-order chi connectivity index (χ0) is 8.85. The molecule has 0 fully saturated rings. The molecule has 0 heterocycles. The van der Waals surface area contributed by atoms with Gasteiger partial charge < -0.3 is 0 Å². The summed E-state index contributed by atoms with van der Waals surface area (Å²) in [5.41, 5.74) is 0. The zero-order valence-electron chi connectivity index (χ0n) is 7.09. The minimum Gasteiger partial charge on any atom is -0.299 e. The third-order valence-corrected chi connectivity index (χ3v) is 1.07. The summed E-state index contributed by atoms with van der Waals surface area (Å²) >= 11 is 0. The predicted molar refractivity (Wildman–Crippen MR) is 39.7 cm³/mol. The SMILES string of the molecule is CCON(C)C(=O)CC(C)=O. The van der Waals surface area contributed by atoms with Gasteiger partial charge in [-0.15, -0.1) is 0 Å². The number of rotatable bonds is 4. The molecule has 4 nitrogen and oxygen atoms in total. The van der Waals surface area contributed by atoms with Crippen LogP contribution in [-0.2, 0) is 14.4 Å². The Labute approximate surface area is 66.1 Å². The molecule has 0 radical (unpaired) electrons.